The first-order valence-corrected chi connectivity index (χ1v) is 7.97. The van der Waals surface area contributed by atoms with Crippen LogP contribution in [-0.4, -0.2) is 6.04 Å². The molecule has 94 valence electrons. The number of aryl methyl sites for hydroxylation is 1. The molecule has 0 aliphatic heterocycles. The molecule has 1 aliphatic carbocycles. The molecule has 1 nitrogen and oxygen atoms in total. The SMILES string of the molecule is Cc1ccc(CNC2CC2)c(-c2sccc2Br)c1. The molecule has 1 N–H and O–H groups in total. The maximum Gasteiger partial charge on any atom is 0.0488 e. The second kappa shape index (κ2) is 5.16. The Morgan fingerprint density at radius 3 is 2.83 bits per heavy atom. The second-order valence-corrected chi connectivity index (χ2v) is 6.68. The van der Waals surface area contributed by atoms with Crippen molar-refractivity contribution < 1.29 is 0 Å². The van der Waals surface area contributed by atoms with Crippen LogP contribution < -0.4 is 5.32 Å². The van der Waals surface area contributed by atoms with Crippen molar-refractivity contribution in [1.82, 2.24) is 5.32 Å². The van der Waals surface area contributed by atoms with E-state index in [0.717, 1.165) is 12.6 Å². The molecule has 1 fully saturated rings. The van der Waals surface area contributed by atoms with Crippen molar-refractivity contribution in [2.45, 2.75) is 32.4 Å². The molecule has 0 unspecified atom stereocenters. The first-order chi connectivity index (χ1) is 8.74. The Hall–Kier alpha value is -0.640. The van der Waals surface area contributed by atoms with Crippen molar-refractivity contribution in [3.05, 3.63) is 45.2 Å². The van der Waals surface area contributed by atoms with Gasteiger partial charge in [0.2, 0.25) is 0 Å². The van der Waals surface area contributed by atoms with Crippen molar-refractivity contribution in [1.29, 1.82) is 0 Å². The van der Waals surface area contributed by atoms with E-state index in [1.54, 1.807) is 11.3 Å². The molecule has 0 spiro atoms. The van der Waals surface area contributed by atoms with Gasteiger partial charge in [-0.2, -0.15) is 0 Å². The van der Waals surface area contributed by atoms with Gasteiger partial charge in [-0.1, -0.05) is 23.8 Å². The molecule has 1 aliphatic rings. The minimum atomic E-state index is 0.755. The van der Waals surface area contributed by atoms with Gasteiger partial charge in [-0.25, -0.2) is 0 Å². The third kappa shape index (κ3) is 2.68. The summed E-state index contributed by atoms with van der Waals surface area (Å²) in [6, 6.07) is 9.63. The average molecular weight is 322 g/mol. The Bertz CT molecular complexity index is 557. The van der Waals surface area contributed by atoms with E-state index >= 15 is 0 Å². The lowest BCUT2D eigenvalue weighted by molar-refractivity contribution is 0.689. The zero-order valence-electron chi connectivity index (χ0n) is 10.4. The van der Waals surface area contributed by atoms with E-state index in [1.165, 1.54) is 38.9 Å². The lowest BCUT2D eigenvalue weighted by atomic mass is 10.0. The van der Waals surface area contributed by atoms with E-state index in [9.17, 15) is 0 Å². The second-order valence-electron chi connectivity index (χ2n) is 4.91. The minimum absolute atomic E-state index is 0.755. The average Bonchev–Trinajstić information content (AvgIpc) is 3.09. The van der Waals surface area contributed by atoms with Crippen LogP contribution in [0, 0.1) is 6.92 Å². The predicted octanol–water partition coefficient (Wildman–Crippen LogP) is 4.74. The summed E-state index contributed by atoms with van der Waals surface area (Å²) < 4.78 is 1.20. The summed E-state index contributed by atoms with van der Waals surface area (Å²) in [6.07, 6.45) is 2.67. The van der Waals surface area contributed by atoms with Crippen LogP contribution in [0.1, 0.15) is 24.0 Å². The summed E-state index contributed by atoms with van der Waals surface area (Å²) >= 11 is 5.44. The number of hydrogen-bond acceptors (Lipinski definition) is 2. The van der Waals surface area contributed by atoms with E-state index in [4.69, 9.17) is 0 Å². The zero-order valence-corrected chi connectivity index (χ0v) is 12.8. The van der Waals surface area contributed by atoms with Crippen LogP contribution in [0.15, 0.2) is 34.1 Å². The van der Waals surface area contributed by atoms with Gasteiger partial charge in [-0.3, -0.25) is 0 Å². The molecule has 1 heterocycles. The van der Waals surface area contributed by atoms with Crippen LogP contribution >= 0.6 is 27.3 Å². The molecule has 0 amide bonds. The molecular formula is C15H16BrNS. The third-order valence-electron chi connectivity index (χ3n) is 3.29. The summed E-state index contributed by atoms with van der Waals surface area (Å²) in [5.74, 6) is 0. The number of thiophene rings is 1. The Kier molecular flexibility index (Phi) is 3.55. The highest BCUT2D eigenvalue weighted by atomic mass is 79.9. The van der Waals surface area contributed by atoms with Gasteiger partial charge in [0, 0.05) is 21.9 Å². The van der Waals surface area contributed by atoms with Crippen molar-refractivity contribution >= 4 is 27.3 Å². The fraction of sp³-hybridized carbons (Fsp3) is 0.333. The highest BCUT2D eigenvalue weighted by Crippen LogP contribution is 2.36. The summed E-state index contributed by atoms with van der Waals surface area (Å²) in [6.45, 7) is 3.13. The smallest absolute Gasteiger partial charge is 0.0488 e. The summed E-state index contributed by atoms with van der Waals surface area (Å²) in [4.78, 5) is 1.34. The number of halogens is 1. The largest absolute Gasteiger partial charge is 0.310 e. The summed E-state index contributed by atoms with van der Waals surface area (Å²) in [7, 11) is 0. The van der Waals surface area contributed by atoms with Crippen LogP contribution in [-0.2, 0) is 6.54 Å². The van der Waals surface area contributed by atoms with Gasteiger partial charge < -0.3 is 5.32 Å². The van der Waals surface area contributed by atoms with E-state index in [2.05, 4.69) is 57.8 Å². The van der Waals surface area contributed by atoms with Crippen LogP contribution in [0.25, 0.3) is 10.4 Å². The van der Waals surface area contributed by atoms with E-state index in [0.29, 0.717) is 0 Å². The highest BCUT2D eigenvalue weighted by molar-refractivity contribution is 9.10. The van der Waals surface area contributed by atoms with Crippen molar-refractivity contribution in [3.8, 4) is 10.4 Å². The highest BCUT2D eigenvalue weighted by Gasteiger charge is 2.20. The van der Waals surface area contributed by atoms with E-state index in [-0.39, 0.29) is 0 Å². The first kappa shape index (κ1) is 12.4. The summed E-state index contributed by atoms with van der Waals surface area (Å²) in [5, 5.41) is 5.74. The fourth-order valence-corrected chi connectivity index (χ4v) is 3.72. The van der Waals surface area contributed by atoms with E-state index < -0.39 is 0 Å². The molecule has 1 aromatic carbocycles. The predicted molar refractivity (Wildman–Crippen MR) is 82.1 cm³/mol. The number of benzene rings is 1. The van der Waals surface area contributed by atoms with E-state index in [1.807, 2.05) is 0 Å². The van der Waals surface area contributed by atoms with Gasteiger partial charge in [0.1, 0.15) is 0 Å². The Labute approximate surface area is 120 Å². The van der Waals surface area contributed by atoms with Gasteiger partial charge in [0.05, 0.1) is 0 Å². The third-order valence-corrected chi connectivity index (χ3v) is 5.16. The number of hydrogen-bond donors (Lipinski definition) is 1. The number of nitrogens with one attached hydrogen (secondary N) is 1. The molecule has 0 bridgehead atoms. The van der Waals surface area contributed by atoms with Crippen LogP contribution in [0.2, 0.25) is 0 Å². The molecule has 1 aromatic heterocycles. The summed E-state index contributed by atoms with van der Waals surface area (Å²) in [5.41, 5.74) is 4.08. The molecule has 18 heavy (non-hydrogen) atoms. The lowest BCUT2D eigenvalue weighted by Crippen LogP contribution is -2.15. The topological polar surface area (TPSA) is 12.0 Å². The van der Waals surface area contributed by atoms with Gasteiger partial charge in [-0.05, 0) is 58.3 Å². The quantitative estimate of drug-likeness (QED) is 0.857. The Morgan fingerprint density at radius 2 is 2.17 bits per heavy atom. The van der Waals surface area contributed by atoms with Crippen molar-refractivity contribution in [2.24, 2.45) is 0 Å². The van der Waals surface area contributed by atoms with Gasteiger partial charge >= 0.3 is 0 Å². The number of rotatable bonds is 4. The van der Waals surface area contributed by atoms with Crippen molar-refractivity contribution in [2.75, 3.05) is 0 Å². The monoisotopic (exact) mass is 321 g/mol. The van der Waals surface area contributed by atoms with Crippen LogP contribution in [0.3, 0.4) is 0 Å². The molecule has 1 saturated carbocycles. The van der Waals surface area contributed by atoms with Gasteiger partial charge in [-0.15, -0.1) is 11.3 Å². The molecular weight excluding hydrogens is 306 g/mol. The van der Waals surface area contributed by atoms with Crippen LogP contribution in [0.4, 0.5) is 0 Å². The first-order valence-electron chi connectivity index (χ1n) is 6.30. The Morgan fingerprint density at radius 1 is 1.33 bits per heavy atom. The zero-order chi connectivity index (χ0) is 12.5. The van der Waals surface area contributed by atoms with Crippen LogP contribution in [0.5, 0.6) is 0 Å². The minimum Gasteiger partial charge on any atom is -0.310 e. The molecule has 0 saturated heterocycles. The molecule has 3 rings (SSSR count). The van der Waals surface area contributed by atoms with Crippen molar-refractivity contribution in [3.63, 3.8) is 0 Å². The maximum absolute atomic E-state index is 3.64. The standard InChI is InChI=1S/C15H16BrNS/c1-10-2-3-11(9-17-12-4-5-12)13(8-10)15-14(16)6-7-18-15/h2-3,6-8,12,17H,4-5,9H2,1H3. The fourth-order valence-electron chi connectivity index (χ4n) is 2.08. The molecule has 0 radical (unpaired) electrons. The normalized spacial score (nSPS) is 15.0. The Balaban J connectivity index is 1.94. The van der Waals surface area contributed by atoms with Gasteiger partial charge in [0.25, 0.3) is 0 Å². The van der Waals surface area contributed by atoms with Gasteiger partial charge in [0.15, 0.2) is 0 Å². The molecule has 2 aromatic rings. The molecule has 0 atom stereocenters. The lowest BCUT2D eigenvalue weighted by Gasteiger charge is -2.11. The maximum atomic E-state index is 3.64. The molecule has 3 heteroatoms.